The summed E-state index contributed by atoms with van der Waals surface area (Å²) < 4.78 is 2.17. The molecule has 1 saturated carbocycles. The number of rotatable bonds is 5. The van der Waals surface area contributed by atoms with Gasteiger partial charge in [0, 0.05) is 19.6 Å². The van der Waals surface area contributed by atoms with Gasteiger partial charge in [-0.05, 0) is 31.9 Å². The van der Waals surface area contributed by atoms with Crippen molar-refractivity contribution in [1.82, 2.24) is 14.9 Å². The summed E-state index contributed by atoms with van der Waals surface area (Å²) in [5.41, 5.74) is 1.27. The Kier molecular flexibility index (Phi) is 3.92. The molecule has 0 amide bonds. The zero-order valence-electron chi connectivity index (χ0n) is 10.4. The molecule has 1 unspecified atom stereocenters. The molecule has 16 heavy (non-hydrogen) atoms. The van der Waals surface area contributed by atoms with Crippen molar-refractivity contribution in [3.8, 4) is 0 Å². The van der Waals surface area contributed by atoms with E-state index >= 15 is 0 Å². The summed E-state index contributed by atoms with van der Waals surface area (Å²) in [7, 11) is 2.09. The summed E-state index contributed by atoms with van der Waals surface area (Å²) in [6.45, 7) is 3.23. The molecule has 1 aromatic heterocycles. The van der Waals surface area contributed by atoms with E-state index in [0.29, 0.717) is 6.04 Å². The second-order valence-electron chi connectivity index (χ2n) is 4.66. The second-order valence-corrected chi connectivity index (χ2v) is 5.43. The van der Waals surface area contributed by atoms with Crippen LogP contribution in [0.4, 0.5) is 0 Å². The van der Waals surface area contributed by atoms with Gasteiger partial charge in [0.15, 0.2) is 5.16 Å². The van der Waals surface area contributed by atoms with Crippen LogP contribution < -0.4 is 5.32 Å². The normalized spacial score (nSPS) is 18.4. The van der Waals surface area contributed by atoms with Gasteiger partial charge in [-0.2, -0.15) is 0 Å². The van der Waals surface area contributed by atoms with Crippen molar-refractivity contribution in [1.29, 1.82) is 0 Å². The van der Waals surface area contributed by atoms with E-state index in [1.807, 2.05) is 6.20 Å². The fraction of sp³-hybridized carbons (Fsp3) is 0.750. The van der Waals surface area contributed by atoms with Gasteiger partial charge >= 0.3 is 0 Å². The summed E-state index contributed by atoms with van der Waals surface area (Å²) in [6, 6.07) is 0.640. The van der Waals surface area contributed by atoms with Crippen molar-refractivity contribution >= 4 is 11.8 Å². The minimum Gasteiger partial charge on any atom is -0.325 e. The Balaban J connectivity index is 1.86. The summed E-state index contributed by atoms with van der Waals surface area (Å²) in [4.78, 5) is 4.38. The predicted molar refractivity (Wildman–Crippen MR) is 68.6 cm³/mol. The lowest BCUT2D eigenvalue weighted by atomic mass is 9.80. The third-order valence-corrected chi connectivity index (χ3v) is 4.43. The first-order valence-electron chi connectivity index (χ1n) is 6.00. The highest BCUT2D eigenvalue weighted by Gasteiger charge is 2.23. The Labute approximate surface area is 102 Å². The van der Waals surface area contributed by atoms with Gasteiger partial charge in [0.2, 0.25) is 0 Å². The maximum atomic E-state index is 4.38. The van der Waals surface area contributed by atoms with Crippen molar-refractivity contribution in [3.05, 3.63) is 11.9 Å². The van der Waals surface area contributed by atoms with E-state index in [-0.39, 0.29) is 0 Å². The average Bonchev–Trinajstić information content (AvgIpc) is 2.54. The topological polar surface area (TPSA) is 29.9 Å². The van der Waals surface area contributed by atoms with E-state index < -0.39 is 0 Å². The molecule has 0 radical (unpaired) electrons. The molecule has 3 nitrogen and oxygen atoms in total. The first-order chi connectivity index (χ1) is 7.72. The third kappa shape index (κ3) is 2.43. The largest absolute Gasteiger partial charge is 0.325 e. The smallest absolute Gasteiger partial charge is 0.167 e. The van der Waals surface area contributed by atoms with E-state index in [4.69, 9.17) is 0 Å². The molecule has 2 rings (SSSR count). The highest BCUT2D eigenvalue weighted by molar-refractivity contribution is 7.98. The van der Waals surface area contributed by atoms with E-state index in [9.17, 15) is 0 Å². The van der Waals surface area contributed by atoms with Gasteiger partial charge in [0.1, 0.15) is 0 Å². The van der Waals surface area contributed by atoms with Crippen LogP contribution in [0.2, 0.25) is 0 Å². The Morgan fingerprint density at radius 1 is 1.62 bits per heavy atom. The molecule has 1 fully saturated rings. The fourth-order valence-electron chi connectivity index (χ4n) is 2.15. The molecule has 1 aliphatic carbocycles. The van der Waals surface area contributed by atoms with Crippen molar-refractivity contribution in [2.75, 3.05) is 6.26 Å². The zero-order valence-corrected chi connectivity index (χ0v) is 11.2. The molecule has 0 saturated heterocycles. The van der Waals surface area contributed by atoms with Crippen molar-refractivity contribution < 1.29 is 0 Å². The molecule has 90 valence electrons. The Hall–Kier alpha value is -0.480. The van der Waals surface area contributed by atoms with Gasteiger partial charge in [-0.15, -0.1) is 0 Å². The van der Waals surface area contributed by atoms with Crippen LogP contribution in [-0.4, -0.2) is 21.8 Å². The van der Waals surface area contributed by atoms with Gasteiger partial charge in [-0.25, -0.2) is 4.98 Å². The first kappa shape index (κ1) is 12.0. The van der Waals surface area contributed by atoms with Crippen LogP contribution in [0.1, 0.15) is 31.9 Å². The molecule has 0 bridgehead atoms. The maximum Gasteiger partial charge on any atom is 0.167 e. The van der Waals surface area contributed by atoms with Crippen molar-refractivity contribution in [2.45, 2.75) is 43.9 Å². The lowest BCUT2D eigenvalue weighted by Gasteiger charge is -2.32. The van der Waals surface area contributed by atoms with Gasteiger partial charge in [0.25, 0.3) is 0 Å². The quantitative estimate of drug-likeness (QED) is 0.800. The van der Waals surface area contributed by atoms with E-state index in [1.165, 1.54) is 25.0 Å². The number of hydrogen-bond acceptors (Lipinski definition) is 3. The molecule has 1 heterocycles. The molecular weight excluding hydrogens is 218 g/mol. The number of nitrogens with one attached hydrogen (secondary N) is 1. The van der Waals surface area contributed by atoms with Crippen LogP contribution in [0.3, 0.4) is 0 Å². The van der Waals surface area contributed by atoms with E-state index in [0.717, 1.165) is 17.6 Å². The molecule has 0 spiro atoms. The highest BCUT2D eigenvalue weighted by atomic mass is 32.2. The fourth-order valence-corrected chi connectivity index (χ4v) is 2.70. The van der Waals surface area contributed by atoms with E-state index in [1.54, 1.807) is 11.8 Å². The molecule has 0 aliphatic heterocycles. The second kappa shape index (κ2) is 5.23. The van der Waals surface area contributed by atoms with Gasteiger partial charge in [-0.3, -0.25) is 0 Å². The van der Waals surface area contributed by atoms with Crippen molar-refractivity contribution in [2.24, 2.45) is 13.0 Å². The monoisotopic (exact) mass is 239 g/mol. The van der Waals surface area contributed by atoms with Crippen LogP contribution in [0, 0.1) is 5.92 Å². The SMILES string of the molecule is CSc1ncc(CNC(C)C2CCC2)n1C. The van der Waals surface area contributed by atoms with Crippen LogP contribution in [-0.2, 0) is 13.6 Å². The Morgan fingerprint density at radius 3 is 2.88 bits per heavy atom. The third-order valence-electron chi connectivity index (χ3n) is 3.69. The van der Waals surface area contributed by atoms with Crippen molar-refractivity contribution in [3.63, 3.8) is 0 Å². The van der Waals surface area contributed by atoms with Gasteiger partial charge < -0.3 is 9.88 Å². The minimum absolute atomic E-state index is 0.640. The summed E-state index contributed by atoms with van der Waals surface area (Å²) in [5.74, 6) is 0.897. The Bertz CT molecular complexity index is 344. The molecule has 0 aromatic carbocycles. The zero-order chi connectivity index (χ0) is 11.5. The molecule has 1 atom stereocenters. The summed E-state index contributed by atoms with van der Waals surface area (Å²) >= 11 is 1.70. The van der Waals surface area contributed by atoms with E-state index in [2.05, 4.69) is 35.1 Å². The van der Waals surface area contributed by atoms with Crippen LogP contribution in [0.25, 0.3) is 0 Å². The number of nitrogens with zero attached hydrogens (tertiary/aromatic N) is 2. The van der Waals surface area contributed by atoms with Crippen LogP contribution in [0.5, 0.6) is 0 Å². The summed E-state index contributed by atoms with van der Waals surface area (Å²) in [6.07, 6.45) is 8.26. The molecule has 1 N–H and O–H groups in total. The average molecular weight is 239 g/mol. The predicted octanol–water partition coefficient (Wildman–Crippen LogP) is 2.42. The number of aromatic nitrogens is 2. The number of hydrogen-bond donors (Lipinski definition) is 1. The molecule has 1 aromatic rings. The lowest BCUT2D eigenvalue weighted by Crippen LogP contribution is -2.36. The molecule has 4 heteroatoms. The summed E-state index contributed by atoms with van der Waals surface area (Å²) in [5, 5.41) is 4.70. The van der Waals surface area contributed by atoms with Gasteiger partial charge in [0.05, 0.1) is 11.9 Å². The van der Waals surface area contributed by atoms with Crippen LogP contribution in [0.15, 0.2) is 11.4 Å². The standard InChI is InChI=1S/C12H21N3S/c1-9(10-5-4-6-10)13-7-11-8-14-12(16-3)15(11)2/h8-10,13H,4-7H2,1-3H3. The highest BCUT2D eigenvalue weighted by Crippen LogP contribution is 2.29. The number of thioether (sulfide) groups is 1. The first-order valence-corrected chi connectivity index (χ1v) is 7.22. The lowest BCUT2D eigenvalue weighted by molar-refractivity contribution is 0.239. The van der Waals surface area contributed by atoms with Gasteiger partial charge in [-0.1, -0.05) is 18.2 Å². The number of imidazole rings is 1. The minimum atomic E-state index is 0.640. The Morgan fingerprint density at radius 2 is 2.38 bits per heavy atom. The molecular formula is C12H21N3S. The maximum absolute atomic E-state index is 4.38. The molecule has 1 aliphatic rings. The van der Waals surface area contributed by atoms with Crippen LogP contribution >= 0.6 is 11.8 Å².